The summed E-state index contributed by atoms with van der Waals surface area (Å²) in [5.41, 5.74) is 1.61. The van der Waals surface area contributed by atoms with Crippen molar-refractivity contribution in [3.63, 3.8) is 0 Å². The summed E-state index contributed by atoms with van der Waals surface area (Å²) < 4.78 is 7.17. The van der Waals surface area contributed by atoms with Gasteiger partial charge in [0.2, 0.25) is 0 Å². The predicted octanol–water partition coefficient (Wildman–Crippen LogP) is 3.59. The molecule has 0 radical (unpaired) electrons. The third kappa shape index (κ3) is 3.96. The maximum Gasteiger partial charge on any atom is 0.339 e. The van der Waals surface area contributed by atoms with Gasteiger partial charge in [-0.1, -0.05) is 12.1 Å². The fourth-order valence-corrected chi connectivity index (χ4v) is 3.40. The van der Waals surface area contributed by atoms with E-state index < -0.39 is 12.1 Å². The molecular formula is C20H22N4O3S. The van der Waals surface area contributed by atoms with Crippen molar-refractivity contribution in [2.75, 3.05) is 6.54 Å². The van der Waals surface area contributed by atoms with Gasteiger partial charge in [0.25, 0.3) is 5.91 Å². The molecule has 1 unspecified atom stereocenters. The molecule has 0 bridgehead atoms. The van der Waals surface area contributed by atoms with Crippen molar-refractivity contribution >= 4 is 34.2 Å². The van der Waals surface area contributed by atoms with Crippen molar-refractivity contribution in [2.24, 2.45) is 0 Å². The molecule has 0 saturated carbocycles. The lowest BCUT2D eigenvalue weighted by Gasteiger charge is -2.14. The van der Waals surface area contributed by atoms with E-state index in [4.69, 9.17) is 9.72 Å². The minimum absolute atomic E-state index is 0.0797. The van der Waals surface area contributed by atoms with Gasteiger partial charge in [0, 0.05) is 12.6 Å². The van der Waals surface area contributed by atoms with Gasteiger partial charge < -0.3 is 10.1 Å². The van der Waals surface area contributed by atoms with Crippen LogP contribution in [-0.2, 0) is 9.53 Å². The zero-order valence-electron chi connectivity index (χ0n) is 16.0. The Morgan fingerprint density at radius 2 is 2.18 bits per heavy atom. The van der Waals surface area contributed by atoms with Crippen LogP contribution in [0.3, 0.4) is 0 Å². The lowest BCUT2D eigenvalue weighted by Crippen LogP contribution is -2.35. The van der Waals surface area contributed by atoms with Crippen molar-refractivity contribution in [3.8, 4) is 10.6 Å². The summed E-state index contributed by atoms with van der Waals surface area (Å²) in [7, 11) is 0. The molecule has 0 aliphatic rings. The molecule has 1 N–H and O–H groups in total. The quantitative estimate of drug-likeness (QED) is 0.486. The highest BCUT2D eigenvalue weighted by Crippen LogP contribution is 2.29. The number of ether oxygens (including phenoxy) is 1. The number of rotatable bonds is 7. The second-order valence-corrected chi connectivity index (χ2v) is 7.48. The normalized spacial score (nSPS) is 12.1. The third-order valence-corrected chi connectivity index (χ3v) is 5.02. The van der Waals surface area contributed by atoms with E-state index in [0.29, 0.717) is 28.8 Å². The van der Waals surface area contributed by atoms with Gasteiger partial charge in [0.05, 0.1) is 27.7 Å². The van der Waals surface area contributed by atoms with Crippen molar-refractivity contribution < 1.29 is 14.3 Å². The molecule has 7 nitrogen and oxygen atoms in total. The van der Waals surface area contributed by atoms with E-state index in [2.05, 4.69) is 17.0 Å². The fraction of sp³-hybridized carbons (Fsp3) is 0.300. The zero-order valence-corrected chi connectivity index (χ0v) is 16.8. The van der Waals surface area contributed by atoms with Crippen molar-refractivity contribution in [1.29, 1.82) is 0 Å². The van der Waals surface area contributed by atoms with Gasteiger partial charge >= 0.3 is 5.97 Å². The summed E-state index contributed by atoms with van der Waals surface area (Å²) in [5.74, 6) is -0.968. The molecule has 0 aromatic carbocycles. The molecule has 28 heavy (non-hydrogen) atoms. The molecule has 0 aliphatic heterocycles. The number of nitrogens with one attached hydrogen (secondary N) is 1. The Labute approximate surface area is 167 Å². The Morgan fingerprint density at radius 1 is 1.39 bits per heavy atom. The van der Waals surface area contributed by atoms with Gasteiger partial charge in [-0.05, 0) is 38.3 Å². The van der Waals surface area contributed by atoms with E-state index in [-0.39, 0.29) is 11.9 Å². The number of carbonyl (C=O) groups excluding carboxylic acids is 2. The Hall–Kier alpha value is -3.00. The Morgan fingerprint density at radius 3 is 2.82 bits per heavy atom. The van der Waals surface area contributed by atoms with Gasteiger partial charge in [-0.15, -0.1) is 17.9 Å². The van der Waals surface area contributed by atoms with E-state index >= 15 is 0 Å². The van der Waals surface area contributed by atoms with Crippen LogP contribution in [-0.4, -0.2) is 39.3 Å². The van der Waals surface area contributed by atoms with Crippen LogP contribution < -0.4 is 5.32 Å². The average molecular weight is 398 g/mol. The lowest BCUT2D eigenvalue weighted by atomic mass is 10.1. The van der Waals surface area contributed by atoms with E-state index in [9.17, 15) is 9.59 Å². The maximum absolute atomic E-state index is 12.9. The van der Waals surface area contributed by atoms with E-state index in [1.54, 1.807) is 23.0 Å². The molecule has 3 aromatic heterocycles. The van der Waals surface area contributed by atoms with Crippen LogP contribution in [0.1, 0.15) is 37.2 Å². The van der Waals surface area contributed by atoms with Crippen LogP contribution in [0.25, 0.3) is 21.6 Å². The van der Waals surface area contributed by atoms with Crippen LogP contribution in [0, 0.1) is 0 Å². The summed E-state index contributed by atoms with van der Waals surface area (Å²) in [6.07, 6.45) is 2.24. The Bertz CT molecular complexity index is 1010. The van der Waals surface area contributed by atoms with Crippen LogP contribution >= 0.6 is 11.3 Å². The van der Waals surface area contributed by atoms with Crippen LogP contribution in [0.5, 0.6) is 0 Å². The highest BCUT2D eigenvalue weighted by molar-refractivity contribution is 7.13. The Kier molecular flexibility index (Phi) is 5.89. The SMILES string of the molecule is C=CCNC(=O)C(C)OC(=O)c1cc(-c2cccs2)nc2c1cnn2C(C)C. The number of hydrogen-bond acceptors (Lipinski definition) is 6. The number of hydrogen-bond donors (Lipinski definition) is 1. The van der Waals surface area contributed by atoms with Crippen LogP contribution in [0.4, 0.5) is 0 Å². The molecule has 3 rings (SSSR count). The first kappa shape index (κ1) is 19.8. The third-order valence-electron chi connectivity index (χ3n) is 4.12. The van der Waals surface area contributed by atoms with E-state index in [1.807, 2.05) is 31.4 Å². The van der Waals surface area contributed by atoms with Gasteiger partial charge in [-0.2, -0.15) is 5.10 Å². The molecule has 0 aliphatic carbocycles. The number of thiophene rings is 1. The van der Waals surface area contributed by atoms with Gasteiger partial charge in [-0.3, -0.25) is 4.79 Å². The second kappa shape index (κ2) is 8.35. The first-order chi connectivity index (χ1) is 13.4. The number of pyridine rings is 1. The number of aromatic nitrogens is 3. The first-order valence-corrected chi connectivity index (χ1v) is 9.82. The smallest absolute Gasteiger partial charge is 0.339 e. The maximum atomic E-state index is 12.9. The van der Waals surface area contributed by atoms with E-state index in [1.165, 1.54) is 18.3 Å². The first-order valence-electron chi connectivity index (χ1n) is 8.94. The molecule has 3 aromatic rings. The number of fused-ring (bicyclic) bond motifs is 1. The van der Waals surface area contributed by atoms with E-state index in [0.717, 1.165) is 4.88 Å². The number of nitrogens with zero attached hydrogens (tertiary/aromatic N) is 3. The highest BCUT2D eigenvalue weighted by Gasteiger charge is 2.23. The predicted molar refractivity (Wildman–Crippen MR) is 109 cm³/mol. The largest absolute Gasteiger partial charge is 0.449 e. The highest BCUT2D eigenvalue weighted by atomic mass is 32.1. The van der Waals surface area contributed by atoms with Crippen molar-refractivity contribution in [2.45, 2.75) is 32.9 Å². The second-order valence-electron chi connectivity index (χ2n) is 6.53. The van der Waals surface area contributed by atoms with Gasteiger partial charge in [0.15, 0.2) is 11.8 Å². The molecule has 1 amide bonds. The minimum atomic E-state index is -0.930. The molecule has 0 spiro atoms. The molecule has 0 saturated heterocycles. The summed E-state index contributed by atoms with van der Waals surface area (Å²) in [4.78, 5) is 30.5. The summed E-state index contributed by atoms with van der Waals surface area (Å²) in [5, 5.41) is 9.54. The topological polar surface area (TPSA) is 86.1 Å². The fourth-order valence-electron chi connectivity index (χ4n) is 2.71. The summed E-state index contributed by atoms with van der Waals surface area (Å²) in [6.45, 7) is 9.38. The molecule has 0 fully saturated rings. The Balaban J connectivity index is 2.00. The van der Waals surface area contributed by atoms with Crippen molar-refractivity contribution in [1.82, 2.24) is 20.1 Å². The van der Waals surface area contributed by atoms with Gasteiger partial charge in [-0.25, -0.2) is 14.5 Å². The molecule has 146 valence electrons. The number of amides is 1. The monoisotopic (exact) mass is 398 g/mol. The molecule has 8 heteroatoms. The standard InChI is InChI=1S/C20H22N4O3S/c1-5-8-21-19(25)13(4)27-20(26)14-10-16(17-7-6-9-28-17)23-18-15(14)11-22-24(18)12(2)3/h5-7,9-13H,1,8H2,2-4H3,(H,21,25). The molecule has 3 heterocycles. The van der Waals surface area contributed by atoms with Crippen LogP contribution in [0.2, 0.25) is 0 Å². The molecular weight excluding hydrogens is 376 g/mol. The lowest BCUT2D eigenvalue weighted by molar-refractivity contribution is -0.128. The summed E-state index contributed by atoms with van der Waals surface area (Å²) in [6, 6.07) is 5.64. The number of carbonyl (C=O) groups is 2. The average Bonchev–Trinajstić information content (AvgIpc) is 3.34. The molecule has 1 atom stereocenters. The summed E-state index contributed by atoms with van der Waals surface area (Å²) >= 11 is 1.53. The van der Waals surface area contributed by atoms with Crippen molar-refractivity contribution in [3.05, 3.63) is 48.0 Å². The minimum Gasteiger partial charge on any atom is -0.449 e. The number of esters is 1. The van der Waals surface area contributed by atoms with Gasteiger partial charge in [0.1, 0.15) is 0 Å². The zero-order chi connectivity index (χ0) is 20.3. The van der Waals surface area contributed by atoms with Crippen LogP contribution in [0.15, 0.2) is 42.4 Å².